The number of hydrogen-bond donors (Lipinski definition) is 2. The smallest absolute Gasteiger partial charge is 0.102 e. The van der Waals surface area contributed by atoms with Crippen molar-refractivity contribution >= 4 is 26.8 Å². The Morgan fingerprint density at radius 1 is 1.32 bits per heavy atom. The number of nitrogens with zero attached hydrogens (tertiary/aromatic N) is 1. The molecule has 0 aliphatic heterocycles. The summed E-state index contributed by atoms with van der Waals surface area (Å²) in [4.78, 5) is 0. The van der Waals surface area contributed by atoms with Crippen molar-refractivity contribution in [2.75, 3.05) is 0 Å². The van der Waals surface area contributed by atoms with Crippen molar-refractivity contribution in [1.82, 2.24) is 4.57 Å². The summed E-state index contributed by atoms with van der Waals surface area (Å²) in [5, 5.41) is 10.5. The van der Waals surface area contributed by atoms with Gasteiger partial charge in [-0.3, -0.25) is 0 Å². The number of aryl methyl sites for hydroxylation is 1. The second-order valence-electron chi connectivity index (χ2n) is 4.59. The maximum absolute atomic E-state index is 9.37. The highest BCUT2D eigenvalue weighted by molar-refractivity contribution is 9.10. The second-order valence-corrected chi connectivity index (χ2v) is 5.50. The van der Waals surface area contributed by atoms with Crippen LogP contribution in [0.4, 0.5) is 0 Å². The molecule has 0 aliphatic carbocycles. The van der Waals surface area contributed by atoms with E-state index in [1.54, 1.807) is 0 Å². The van der Waals surface area contributed by atoms with Gasteiger partial charge in [0.05, 0.1) is 6.04 Å². The fraction of sp³-hybridized carbons (Fsp3) is 0.444. The van der Waals surface area contributed by atoms with Gasteiger partial charge in [0.2, 0.25) is 0 Å². The number of aliphatic hydroxyl groups is 1. The van der Waals surface area contributed by atoms with Crippen LogP contribution in [0.3, 0.4) is 0 Å². The molecule has 1 heterocycles. The third-order valence-electron chi connectivity index (χ3n) is 3.44. The summed E-state index contributed by atoms with van der Waals surface area (Å²) < 4.78 is 3.18. The zero-order valence-electron chi connectivity index (χ0n) is 14.6. The van der Waals surface area contributed by atoms with E-state index in [0.717, 1.165) is 10.0 Å². The van der Waals surface area contributed by atoms with Crippen molar-refractivity contribution in [3.63, 3.8) is 0 Å². The van der Waals surface area contributed by atoms with Crippen LogP contribution in [-0.2, 0) is 13.5 Å². The number of hydrogen-bond acceptors (Lipinski definition) is 2. The molecule has 0 saturated carbocycles. The summed E-state index contributed by atoms with van der Waals surface area (Å²) in [5.41, 5.74) is 9.38. The Labute approximate surface area is 143 Å². The number of nitrogens with two attached hydrogens (primary N) is 1. The number of aromatic nitrogens is 1. The van der Waals surface area contributed by atoms with E-state index in [9.17, 15) is 5.11 Å². The third-order valence-corrected chi connectivity index (χ3v) is 3.93. The van der Waals surface area contributed by atoms with Crippen molar-refractivity contribution in [3.05, 3.63) is 46.3 Å². The molecule has 124 valence electrons. The zero-order valence-corrected chi connectivity index (χ0v) is 16.2. The van der Waals surface area contributed by atoms with Crippen LogP contribution in [-0.4, -0.2) is 15.7 Å². The number of aliphatic hydroxyl groups excluding tert-OH is 1. The number of rotatable bonds is 3. The van der Waals surface area contributed by atoms with Crippen molar-refractivity contribution in [1.29, 1.82) is 0 Å². The molecule has 0 spiro atoms. The summed E-state index contributed by atoms with van der Waals surface area (Å²) in [6.45, 7) is 13.6. The van der Waals surface area contributed by atoms with Gasteiger partial charge in [0.25, 0.3) is 0 Å². The van der Waals surface area contributed by atoms with Gasteiger partial charge in [-0.15, -0.1) is 0 Å². The van der Waals surface area contributed by atoms with E-state index < -0.39 is 6.04 Å². The quantitative estimate of drug-likeness (QED) is 0.727. The number of benzene rings is 1. The van der Waals surface area contributed by atoms with E-state index in [1.807, 2.05) is 40.8 Å². The Bertz CT molecular complexity index is 617. The maximum Gasteiger partial charge on any atom is 0.102 e. The van der Waals surface area contributed by atoms with E-state index in [0.29, 0.717) is 6.42 Å². The van der Waals surface area contributed by atoms with E-state index in [4.69, 9.17) is 5.73 Å². The molecule has 0 amide bonds. The normalized spacial score (nSPS) is 11.1. The summed E-state index contributed by atoms with van der Waals surface area (Å²) in [5.74, 6) is 0.0291. The van der Waals surface area contributed by atoms with Gasteiger partial charge in [0.15, 0.2) is 0 Å². The number of fused-ring (bicyclic) bond motifs is 1. The van der Waals surface area contributed by atoms with E-state index >= 15 is 0 Å². The van der Waals surface area contributed by atoms with Crippen LogP contribution < -0.4 is 5.73 Å². The minimum Gasteiger partial charge on any atom is -0.511 e. The fourth-order valence-electron chi connectivity index (χ4n) is 2.22. The molecule has 1 aromatic heterocycles. The third kappa shape index (κ3) is 4.62. The van der Waals surface area contributed by atoms with Crippen LogP contribution >= 0.6 is 15.9 Å². The predicted molar refractivity (Wildman–Crippen MR) is 102 cm³/mol. The first-order chi connectivity index (χ1) is 10.4. The summed E-state index contributed by atoms with van der Waals surface area (Å²) in [7, 11) is 2.04. The van der Waals surface area contributed by atoms with Gasteiger partial charge in [-0.2, -0.15) is 0 Å². The summed E-state index contributed by atoms with van der Waals surface area (Å²) in [6, 6.07) is 5.77. The predicted octanol–water partition coefficient (Wildman–Crippen LogP) is 5.24. The molecule has 0 fully saturated rings. The first-order valence-electron chi connectivity index (χ1n) is 7.78. The molecule has 1 atom stereocenters. The Kier molecular flexibility index (Phi) is 9.14. The average molecular weight is 369 g/mol. The SMILES string of the molecule is C=C(O)C(N)Cc1c(C)n(C)c2ccc(Br)cc12.CC.CC. The minimum atomic E-state index is -0.423. The Balaban J connectivity index is 0.00000102. The molecule has 0 saturated heterocycles. The van der Waals surface area contributed by atoms with Crippen LogP contribution in [0, 0.1) is 6.92 Å². The monoisotopic (exact) mass is 368 g/mol. The standard InChI is InChI=1S/C14H17BrN2O.2C2H6/c1-8-11(7-13(16)9(2)18)12-6-10(15)4-5-14(12)17(8)3;2*1-2/h4-6,13,18H,2,7,16H2,1,3H3;2*1-2H3. The first kappa shape index (κ1) is 20.7. The molecule has 1 unspecified atom stereocenters. The lowest BCUT2D eigenvalue weighted by Crippen LogP contribution is -2.25. The van der Waals surface area contributed by atoms with Crippen LogP contribution in [0.5, 0.6) is 0 Å². The Morgan fingerprint density at radius 2 is 1.86 bits per heavy atom. The zero-order chi connectivity index (χ0) is 17.4. The lowest BCUT2D eigenvalue weighted by molar-refractivity contribution is 0.368. The van der Waals surface area contributed by atoms with Crippen LogP contribution in [0.15, 0.2) is 35.0 Å². The highest BCUT2D eigenvalue weighted by atomic mass is 79.9. The number of halogens is 1. The van der Waals surface area contributed by atoms with Gasteiger partial charge in [-0.25, -0.2) is 0 Å². The van der Waals surface area contributed by atoms with Crippen molar-refractivity contribution in [2.45, 2.75) is 47.1 Å². The molecule has 1 aromatic carbocycles. The van der Waals surface area contributed by atoms with Gasteiger partial charge >= 0.3 is 0 Å². The molecule has 0 bridgehead atoms. The van der Waals surface area contributed by atoms with E-state index in [-0.39, 0.29) is 5.76 Å². The largest absolute Gasteiger partial charge is 0.511 e. The molecule has 2 aromatic rings. The van der Waals surface area contributed by atoms with Gasteiger partial charge in [-0.05, 0) is 37.1 Å². The lowest BCUT2D eigenvalue weighted by atomic mass is 10.0. The molecule has 0 radical (unpaired) electrons. The molecule has 22 heavy (non-hydrogen) atoms. The van der Waals surface area contributed by atoms with Gasteiger partial charge in [-0.1, -0.05) is 50.2 Å². The highest BCUT2D eigenvalue weighted by Crippen LogP contribution is 2.29. The van der Waals surface area contributed by atoms with Gasteiger partial charge in [0, 0.05) is 28.1 Å². The molecule has 3 nitrogen and oxygen atoms in total. The molecule has 0 aliphatic rings. The fourth-order valence-corrected chi connectivity index (χ4v) is 2.58. The van der Waals surface area contributed by atoms with Crippen molar-refractivity contribution in [2.24, 2.45) is 12.8 Å². The van der Waals surface area contributed by atoms with E-state index in [1.165, 1.54) is 16.6 Å². The molecule has 2 rings (SSSR count). The molecular formula is C18H29BrN2O. The molecular weight excluding hydrogens is 340 g/mol. The van der Waals surface area contributed by atoms with E-state index in [2.05, 4.69) is 46.1 Å². The first-order valence-corrected chi connectivity index (χ1v) is 8.58. The second kappa shape index (κ2) is 9.70. The van der Waals surface area contributed by atoms with Crippen molar-refractivity contribution in [3.8, 4) is 0 Å². The van der Waals surface area contributed by atoms with Crippen LogP contribution in [0.1, 0.15) is 39.0 Å². The Hall–Kier alpha value is -1.26. The van der Waals surface area contributed by atoms with Crippen LogP contribution in [0.25, 0.3) is 10.9 Å². The summed E-state index contributed by atoms with van der Waals surface area (Å²) >= 11 is 3.49. The maximum atomic E-state index is 9.37. The molecule has 3 N–H and O–H groups in total. The van der Waals surface area contributed by atoms with Crippen molar-refractivity contribution < 1.29 is 5.11 Å². The summed E-state index contributed by atoms with van der Waals surface area (Å²) in [6.07, 6.45) is 0.592. The highest BCUT2D eigenvalue weighted by Gasteiger charge is 2.16. The minimum absolute atomic E-state index is 0.0291. The van der Waals surface area contributed by atoms with Gasteiger partial charge < -0.3 is 15.4 Å². The molecule has 4 heteroatoms. The lowest BCUT2D eigenvalue weighted by Gasteiger charge is -2.10. The topological polar surface area (TPSA) is 51.2 Å². The Morgan fingerprint density at radius 3 is 2.36 bits per heavy atom. The van der Waals surface area contributed by atoms with Crippen LogP contribution in [0.2, 0.25) is 0 Å². The van der Waals surface area contributed by atoms with Gasteiger partial charge in [0.1, 0.15) is 5.76 Å². The average Bonchev–Trinajstić information content (AvgIpc) is 2.75.